The third-order valence-electron chi connectivity index (χ3n) is 8.06. The quantitative estimate of drug-likeness (QED) is 0.199. The average Bonchev–Trinajstić information content (AvgIpc) is 3.34. The summed E-state index contributed by atoms with van der Waals surface area (Å²) in [7, 11) is 1.58. The summed E-state index contributed by atoms with van der Waals surface area (Å²) >= 11 is 6.32. The third-order valence-corrected chi connectivity index (χ3v) is 8.31. The maximum atomic E-state index is 13.0. The highest BCUT2D eigenvalue weighted by Crippen LogP contribution is 2.51. The van der Waals surface area contributed by atoms with E-state index in [2.05, 4.69) is 44.6 Å². The Morgan fingerprint density at radius 3 is 2.30 bits per heavy atom. The van der Waals surface area contributed by atoms with E-state index in [4.69, 9.17) is 21.1 Å². The van der Waals surface area contributed by atoms with E-state index < -0.39 is 17.7 Å². The van der Waals surface area contributed by atoms with Crippen LogP contribution in [0.25, 0.3) is 22.0 Å². The lowest BCUT2D eigenvalue weighted by Crippen LogP contribution is -2.35. The molecule has 0 fully saturated rings. The van der Waals surface area contributed by atoms with Gasteiger partial charge in [0.2, 0.25) is 5.95 Å². The summed E-state index contributed by atoms with van der Waals surface area (Å²) in [5.74, 6) is -0.0176. The van der Waals surface area contributed by atoms with Gasteiger partial charge in [-0.15, -0.1) is 0 Å². The summed E-state index contributed by atoms with van der Waals surface area (Å²) in [6.45, 7) is 10.2. The zero-order valence-electron chi connectivity index (χ0n) is 25.6. The molecule has 0 saturated heterocycles. The largest absolute Gasteiger partial charge is 0.494 e. The van der Waals surface area contributed by atoms with E-state index in [0.29, 0.717) is 28.8 Å². The van der Waals surface area contributed by atoms with Crippen LogP contribution >= 0.6 is 11.6 Å². The second-order valence-corrected chi connectivity index (χ2v) is 12.5. The minimum Gasteiger partial charge on any atom is -0.494 e. The lowest BCUT2D eigenvalue weighted by Gasteiger charge is -2.38. The Morgan fingerprint density at radius 2 is 1.70 bits per heavy atom. The first kappa shape index (κ1) is 29.7. The highest BCUT2D eigenvalue weighted by Gasteiger charge is 2.39. The first-order valence-corrected chi connectivity index (χ1v) is 14.9. The van der Waals surface area contributed by atoms with Gasteiger partial charge in [0.1, 0.15) is 0 Å². The SMILES string of the molecule is COc1cnc(N2CC(c3ccccc3)n3c(C)cc4c(-c5ccc(Cl)cc5)c([C@H](OC(C)(C)C)C(=O)O)c(C)c2c43)nc1. The van der Waals surface area contributed by atoms with Crippen molar-refractivity contribution in [2.75, 3.05) is 18.6 Å². The number of nitrogens with zero attached hydrogens (tertiary/aromatic N) is 4. The number of hydrogen-bond acceptors (Lipinski definition) is 6. The van der Waals surface area contributed by atoms with E-state index in [-0.39, 0.29) is 6.04 Å². The predicted molar refractivity (Wildman–Crippen MR) is 173 cm³/mol. The molecule has 0 bridgehead atoms. The van der Waals surface area contributed by atoms with Gasteiger partial charge in [-0.2, -0.15) is 0 Å². The lowest BCUT2D eigenvalue weighted by atomic mass is 9.86. The van der Waals surface area contributed by atoms with Gasteiger partial charge < -0.3 is 24.0 Å². The fourth-order valence-electron chi connectivity index (χ4n) is 6.31. The van der Waals surface area contributed by atoms with Crippen molar-refractivity contribution in [2.45, 2.75) is 52.4 Å². The summed E-state index contributed by atoms with van der Waals surface area (Å²) in [5.41, 5.74) is 6.34. The minimum atomic E-state index is -1.24. The van der Waals surface area contributed by atoms with Crippen LogP contribution in [0.15, 0.2) is 73.1 Å². The second kappa shape index (κ2) is 11.3. The van der Waals surface area contributed by atoms with E-state index in [1.165, 1.54) is 0 Å². The van der Waals surface area contributed by atoms with Gasteiger partial charge in [0.25, 0.3) is 0 Å². The molecule has 1 aliphatic heterocycles. The van der Waals surface area contributed by atoms with Gasteiger partial charge in [0.15, 0.2) is 11.9 Å². The van der Waals surface area contributed by atoms with Gasteiger partial charge in [0, 0.05) is 21.7 Å². The van der Waals surface area contributed by atoms with E-state index >= 15 is 0 Å². The molecule has 0 radical (unpaired) electrons. The van der Waals surface area contributed by atoms with Crippen LogP contribution in [0.5, 0.6) is 5.75 Å². The molecule has 2 aromatic heterocycles. The fraction of sp³-hybridized carbons (Fsp3) is 0.286. The van der Waals surface area contributed by atoms with Crippen molar-refractivity contribution in [3.05, 3.63) is 100 Å². The predicted octanol–water partition coefficient (Wildman–Crippen LogP) is 8.06. The van der Waals surface area contributed by atoms with Gasteiger partial charge in [-0.05, 0) is 75.1 Å². The van der Waals surface area contributed by atoms with Crippen LogP contribution in [0, 0.1) is 13.8 Å². The van der Waals surface area contributed by atoms with Crippen molar-refractivity contribution < 1.29 is 19.4 Å². The van der Waals surface area contributed by atoms with Crippen LogP contribution in [0.1, 0.15) is 55.3 Å². The molecule has 1 N–H and O–H groups in total. The van der Waals surface area contributed by atoms with Crippen molar-refractivity contribution in [3.63, 3.8) is 0 Å². The normalized spacial score (nSPS) is 15.4. The molecule has 1 aliphatic rings. The van der Waals surface area contributed by atoms with E-state index in [9.17, 15) is 9.90 Å². The number of carbonyl (C=O) groups is 1. The van der Waals surface area contributed by atoms with Gasteiger partial charge in [0.05, 0.1) is 48.9 Å². The summed E-state index contributed by atoms with van der Waals surface area (Å²) in [5, 5.41) is 12.2. The Labute approximate surface area is 261 Å². The topological polar surface area (TPSA) is 89.7 Å². The number of aryl methyl sites for hydroxylation is 1. The molecule has 1 unspecified atom stereocenters. The molecule has 3 aromatic carbocycles. The number of aliphatic carboxylic acids is 1. The van der Waals surface area contributed by atoms with Crippen molar-refractivity contribution in [2.24, 2.45) is 0 Å². The standard InChI is InChI=1S/C35H35ClN4O4/c1-20-16-26-29(23-12-14-24(36)15-13-23)28(32(33(41)42)44-35(3,4)5)21(2)30-31(26)40(20)27(22-10-8-7-9-11-22)19-39(30)34-37-17-25(43-6)18-38-34/h7-18,27,32H,19H2,1-6H3,(H,41,42)/t27?,32-/m0/s1. The molecule has 5 aromatic rings. The number of benzene rings is 3. The van der Waals surface area contributed by atoms with Crippen LogP contribution in [-0.4, -0.2) is 44.9 Å². The number of rotatable bonds is 7. The van der Waals surface area contributed by atoms with Crippen LogP contribution < -0.4 is 9.64 Å². The maximum absolute atomic E-state index is 13.0. The molecule has 3 heterocycles. The molecule has 6 rings (SSSR count). The Morgan fingerprint density at radius 1 is 1.05 bits per heavy atom. The van der Waals surface area contributed by atoms with E-state index in [1.807, 2.05) is 70.2 Å². The summed E-state index contributed by atoms with van der Waals surface area (Å²) in [6, 6.07) is 20.0. The number of carboxylic acid groups (broad SMARTS) is 1. The number of halogens is 1. The van der Waals surface area contributed by atoms with Crippen molar-refractivity contribution in [3.8, 4) is 16.9 Å². The Balaban J connectivity index is 1.75. The smallest absolute Gasteiger partial charge is 0.337 e. The van der Waals surface area contributed by atoms with Crippen LogP contribution in [-0.2, 0) is 9.53 Å². The summed E-state index contributed by atoms with van der Waals surface area (Å²) < 4.78 is 14.0. The molecule has 226 valence electrons. The van der Waals surface area contributed by atoms with E-state index in [1.54, 1.807) is 19.5 Å². The second-order valence-electron chi connectivity index (χ2n) is 12.1. The molecule has 44 heavy (non-hydrogen) atoms. The highest BCUT2D eigenvalue weighted by molar-refractivity contribution is 6.30. The number of carboxylic acids is 1. The highest BCUT2D eigenvalue weighted by atomic mass is 35.5. The van der Waals surface area contributed by atoms with Gasteiger partial charge in [-0.25, -0.2) is 14.8 Å². The Bertz CT molecular complexity index is 1850. The first-order valence-electron chi connectivity index (χ1n) is 14.5. The zero-order chi connectivity index (χ0) is 31.3. The molecule has 2 atom stereocenters. The van der Waals surface area contributed by atoms with Gasteiger partial charge >= 0.3 is 5.97 Å². The molecule has 0 saturated carbocycles. The van der Waals surface area contributed by atoms with Crippen LogP contribution in [0.2, 0.25) is 5.02 Å². The summed E-state index contributed by atoms with van der Waals surface area (Å²) in [6.07, 6.45) is 2.06. The number of hydrogen-bond donors (Lipinski definition) is 1. The van der Waals surface area contributed by atoms with Crippen molar-refractivity contribution in [1.29, 1.82) is 0 Å². The fourth-order valence-corrected chi connectivity index (χ4v) is 6.43. The number of ether oxygens (including phenoxy) is 2. The Hall–Kier alpha value is -4.40. The maximum Gasteiger partial charge on any atom is 0.337 e. The van der Waals surface area contributed by atoms with Crippen LogP contribution in [0.4, 0.5) is 11.6 Å². The van der Waals surface area contributed by atoms with Crippen LogP contribution in [0.3, 0.4) is 0 Å². The van der Waals surface area contributed by atoms with Crippen molar-refractivity contribution >= 4 is 40.1 Å². The monoisotopic (exact) mass is 610 g/mol. The third kappa shape index (κ3) is 5.18. The van der Waals surface area contributed by atoms with Gasteiger partial charge in [-0.1, -0.05) is 54.1 Å². The molecule has 0 amide bonds. The van der Waals surface area contributed by atoms with Gasteiger partial charge in [-0.3, -0.25) is 0 Å². The first-order chi connectivity index (χ1) is 21.0. The number of aromatic nitrogens is 3. The summed E-state index contributed by atoms with van der Waals surface area (Å²) in [4.78, 5) is 24.5. The molecule has 8 nitrogen and oxygen atoms in total. The lowest BCUT2D eigenvalue weighted by molar-refractivity contribution is -0.160. The molecule has 9 heteroatoms. The van der Waals surface area contributed by atoms with E-state index in [0.717, 1.165) is 44.5 Å². The minimum absolute atomic E-state index is 0.0590. The molecular formula is C35H35ClN4O4. The molecule has 0 spiro atoms. The number of methoxy groups -OCH3 is 1. The van der Waals surface area contributed by atoms with Crippen molar-refractivity contribution in [1.82, 2.24) is 14.5 Å². The molecular weight excluding hydrogens is 576 g/mol. The number of anilines is 2. The Kier molecular flexibility index (Phi) is 7.59. The molecule has 0 aliphatic carbocycles. The zero-order valence-corrected chi connectivity index (χ0v) is 26.4. The average molecular weight is 611 g/mol.